The van der Waals surface area contributed by atoms with Crippen molar-refractivity contribution in [1.82, 2.24) is 5.32 Å². The van der Waals surface area contributed by atoms with Crippen molar-refractivity contribution in [2.24, 2.45) is 0 Å². The number of allylic oxidation sites excluding steroid dienone is 3. The minimum absolute atomic E-state index is 0.0668. The number of carboxylic acids is 1. The fourth-order valence-electron chi connectivity index (χ4n) is 6.41. The Kier molecular flexibility index (Phi) is 38.0. The van der Waals surface area contributed by atoms with Crippen molar-refractivity contribution in [2.75, 3.05) is 6.54 Å². The first-order valence-electron chi connectivity index (χ1n) is 21.5. The maximum atomic E-state index is 12.7. The van der Waals surface area contributed by atoms with Crippen molar-refractivity contribution >= 4 is 17.8 Å². The Morgan fingerprint density at radius 2 is 0.980 bits per heavy atom. The summed E-state index contributed by atoms with van der Waals surface area (Å²) < 4.78 is 5.92. The second-order valence-corrected chi connectivity index (χ2v) is 14.6. The number of amides is 1. The number of carboxylic acid groups (broad SMARTS) is 1. The van der Waals surface area contributed by atoms with E-state index in [1.807, 2.05) is 0 Å². The molecule has 2 N–H and O–H groups in total. The zero-order valence-corrected chi connectivity index (χ0v) is 33.0. The first kappa shape index (κ1) is 47.9. The summed E-state index contributed by atoms with van der Waals surface area (Å²) in [5.74, 6) is -1.28. The first-order valence-corrected chi connectivity index (χ1v) is 21.5. The molecule has 0 aliphatic carbocycles. The molecule has 6 nitrogen and oxygen atoms in total. The van der Waals surface area contributed by atoms with Crippen LogP contribution >= 0.6 is 0 Å². The number of rotatable bonds is 39. The molecule has 0 bridgehead atoms. The molecule has 0 spiro atoms. The lowest BCUT2D eigenvalue weighted by Crippen LogP contribution is -2.28. The van der Waals surface area contributed by atoms with Gasteiger partial charge in [-0.05, 0) is 51.0 Å². The van der Waals surface area contributed by atoms with Crippen LogP contribution in [0.5, 0.6) is 0 Å². The molecule has 50 heavy (non-hydrogen) atoms. The number of ether oxygens (including phenoxy) is 1. The van der Waals surface area contributed by atoms with E-state index in [2.05, 4.69) is 43.5 Å². The highest BCUT2D eigenvalue weighted by molar-refractivity contribution is 5.80. The molecule has 0 radical (unpaired) electrons. The van der Waals surface area contributed by atoms with Crippen LogP contribution in [0.15, 0.2) is 24.3 Å². The van der Waals surface area contributed by atoms with Gasteiger partial charge in [0.15, 0.2) is 0 Å². The molecule has 292 valence electrons. The molecule has 0 rings (SSSR count). The number of hydrogen-bond donors (Lipinski definition) is 2. The molecular weight excluding hydrogens is 622 g/mol. The van der Waals surface area contributed by atoms with Gasteiger partial charge in [-0.2, -0.15) is 0 Å². The van der Waals surface area contributed by atoms with E-state index < -0.39 is 5.97 Å². The molecule has 0 saturated heterocycles. The zero-order chi connectivity index (χ0) is 36.6. The highest BCUT2D eigenvalue weighted by atomic mass is 16.5. The normalized spacial score (nSPS) is 12.2. The third-order valence-corrected chi connectivity index (χ3v) is 9.61. The van der Waals surface area contributed by atoms with Crippen LogP contribution in [0.25, 0.3) is 0 Å². The molecule has 0 aromatic rings. The molecule has 0 aromatic heterocycles. The van der Waals surface area contributed by atoms with Crippen LogP contribution in [0.1, 0.15) is 226 Å². The topological polar surface area (TPSA) is 92.7 Å². The van der Waals surface area contributed by atoms with E-state index in [0.29, 0.717) is 12.8 Å². The van der Waals surface area contributed by atoms with Crippen LogP contribution in [-0.4, -0.2) is 35.6 Å². The SMILES string of the molecule is CCCCC/C=C\C/C=C\C(CCCCCCCCC(=O)NCC(=O)O)OC(=O)CCCCCCCCCCCCCCCCCCCCC. The van der Waals surface area contributed by atoms with Crippen LogP contribution in [0.2, 0.25) is 0 Å². The molecule has 0 fully saturated rings. The smallest absolute Gasteiger partial charge is 0.322 e. The van der Waals surface area contributed by atoms with Crippen molar-refractivity contribution in [1.29, 1.82) is 0 Å². The largest absolute Gasteiger partial charge is 0.480 e. The number of carbonyl (C=O) groups excluding carboxylic acids is 2. The van der Waals surface area contributed by atoms with Gasteiger partial charge in [-0.15, -0.1) is 0 Å². The number of hydrogen-bond acceptors (Lipinski definition) is 4. The van der Waals surface area contributed by atoms with Gasteiger partial charge in [-0.1, -0.05) is 186 Å². The zero-order valence-electron chi connectivity index (χ0n) is 33.0. The van der Waals surface area contributed by atoms with Crippen LogP contribution in [0.3, 0.4) is 0 Å². The molecule has 0 saturated carbocycles. The molecule has 0 heterocycles. The standard InChI is InChI=1S/C44H81NO5/c1-3-5-7-9-11-13-14-15-16-17-18-19-20-21-22-23-25-31-35-39-44(49)50-41(36-32-28-24-12-10-8-6-4-2)37-33-29-26-27-30-34-38-42(46)45-40-43(47)48/h12,24,32,36,41H,3-11,13-23,25-31,33-35,37-40H2,1-2H3,(H,45,46)(H,47,48)/b24-12-,36-32-. The van der Waals surface area contributed by atoms with E-state index >= 15 is 0 Å². The first-order chi connectivity index (χ1) is 24.5. The van der Waals surface area contributed by atoms with Crippen molar-refractivity contribution < 1.29 is 24.2 Å². The van der Waals surface area contributed by atoms with Crippen molar-refractivity contribution in [3.63, 3.8) is 0 Å². The van der Waals surface area contributed by atoms with Crippen molar-refractivity contribution in [3.8, 4) is 0 Å². The minimum Gasteiger partial charge on any atom is -0.480 e. The number of aliphatic carboxylic acids is 1. The molecule has 0 aliphatic heterocycles. The van der Waals surface area contributed by atoms with Crippen molar-refractivity contribution in [3.05, 3.63) is 24.3 Å². The summed E-state index contributed by atoms with van der Waals surface area (Å²) in [7, 11) is 0. The quantitative estimate of drug-likeness (QED) is 0.0378. The predicted octanol–water partition coefficient (Wildman–Crippen LogP) is 13.1. The Labute approximate surface area is 309 Å². The average molecular weight is 704 g/mol. The Bertz CT molecular complexity index is 823. The number of esters is 1. The van der Waals surface area contributed by atoms with Crippen molar-refractivity contribution in [2.45, 2.75) is 232 Å². The Balaban J connectivity index is 4.02. The summed E-state index contributed by atoms with van der Waals surface area (Å²) in [6, 6.07) is 0. The summed E-state index contributed by atoms with van der Waals surface area (Å²) in [5.41, 5.74) is 0. The van der Waals surface area contributed by atoms with E-state index in [1.54, 1.807) is 0 Å². The Hall–Kier alpha value is -2.11. The highest BCUT2D eigenvalue weighted by Gasteiger charge is 2.11. The second-order valence-electron chi connectivity index (χ2n) is 14.6. The summed E-state index contributed by atoms with van der Waals surface area (Å²) in [5, 5.41) is 11.0. The lowest BCUT2D eigenvalue weighted by atomic mass is 10.0. The summed E-state index contributed by atoms with van der Waals surface area (Å²) in [6.45, 7) is 4.20. The lowest BCUT2D eigenvalue weighted by molar-refractivity contribution is -0.147. The van der Waals surface area contributed by atoms with Gasteiger partial charge in [0.05, 0.1) is 0 Å². The summed E-state index contributed by atoms with van der Waals surface area (Å²) in [4.78, 5) is 34.8. The molecule has 1 atom stereocenters. The van der Waals surface area contributed by atoms with Crippen LogP contribution in [0, 0.1) is 0 Å². The maximum Gasteiger partial charge on any atom is 0.322 e. The fraction of sp³-hybridized carbons (Fsp3) is 0.841. The maximum absolute atomic E-state index is 12.7. The summed E-state index contributed by atoms with van der Waals surface area (Å²) >= 11 is 0. The van der Waals surface area contributed by atoms with Crippen LogP contribution < -0.4 is 5.32 Å². The number of carbonyl (C=O) groups is 3. The molecule has 0 aliphatic rings. The van der Waals surface area contributed by atoms with E-state index in [4.69, 9.17) is 9.84 Å². The van der Waals surface area contributed by atoms with Crippen LogP contribution in [-0.2, 0) is 19.1 Å². The lowest BCUT2D eigenvalue weighted by Gasteiger charge is -2.14. The van der Waals surface area contributed by atoms with Gasteiger partial charge in [0.1, 0.15) is 12.6 Å². The van der Waals surface area contributed by atoms with Gasteiger partial charge in [0.25, 0.3) is 0 Å². The molecule has 1 unspecified atom stereocenters. The van der Waals surface area contributed by atoms with Gasteiger partial charge in [0, 0.05) is 12.8 Å². The Morgan fingerprint density at radius 3 is 1.48 bits per heavy atom. The minimum atomic E-state index is -1.02. The fourth-order valence-corrected chi connectivity index (χ4v) is 6.41. The molecule has 0 aromatic carbocycles. The van der Waals surface area contributed by atoms with E-state index in [0.717, 1.165) is 70.6 Å². The molecule has 1 amide bonds. The van der Waals surface area contributed by atoms with Gasteiger partial charge < -0.3 is 15.2 Å². The van der Waals surface area contributed by atoms with Gasteiger partial charge in [-0.3, -0.25) is 14.4 Å². The van der Waals surface area contributed by atoms with E-state index in [1.165, 1.54) is 128 Å². The van der Waals surface area contributed by atoms with Gasteiger partial charge >= 0.3 is 11.9 Å². The summed E-state index contributed by atoms with van der Waals surface area (Å²) in [6.07, 6.45) is 47.6. The molecule has 6 heteroatoms. The predicted molar refractivity (Wildman–Crippen MR) is 213 cm³/mol. The van der Waals surface area contributed by atoms with E-state index in [9.17, 15) is 14.4 Å². The molecular formula is C44H81NO5. The third-order valence-electron chi connectivity index (χ3n) is 9.61. The second kappa shape index (κ2) is 39.7. The number of nitrogens with one attached hydrogen (secondary N) is 1. The monoisotopic (exact) mass is 704 g/mol. The van der Waals surface area contributed by atoms with E-state index in [-0.39, 0.29) is 24.5 Å². The Morgan fingerprint density at radius 1 is 0.540 bits per heavy atom. The highest BCUT2D eigenvalue weighted by Crippen LogP contribution is 2.17. The van der Waals surface area contributed by atoms with Gasteiger partial charge in [-0.25, -0.2) is 0 Å². The third kappa shape index (κ3) is 38.7. The number of unbranched alkanes of at least 4 members (excludes halogenated alkanes) is 26. The van der Waals surface area contributed by atoms with Crippen LogP contribution in [0.4, 0.5) is 0 Å². The average Bonchev–Trinajstić information content (AvgIpc) is 3.10. The van der Waals surface area contributed by atoms with Gasteiger partial charge in [0.2, 0.25) is 5.91 Å².